The van der Waals surface area contributed by atoms with Crippen molar-refractivity contribution in [3.63, 3.8) is 0 Å². The quantitative estimate of drug-likeness (QED) is 0.802. The number of aliphatic carboxylic acids is 1. The fourth-order valence-electron chi connectivity index (χ4n) is 2.18. The molecule has 0 fully saturated rings. The van der Waals surface area contributed by atoms with Crippen molar-refractivity contribution >= 4 is 11.8 Å². The number of nitrogens with zero attached hydrogens (tertiary/aromatic N) is 2. The van der Waals surface area contributed by atoms with Crippen molar-refractivity contribution in [1.29, 1.82) is 0 Å². The van der Waals surface area contributed by atoms with Crippen LogP contribution in [0.5, 0.6) is 0 Å². The normalized spacial score (nSPS) is 24.0. The fraction of sp³-hybridized carbons (Fsp3) is 0.636. The van der Waals surface area contributed by atoms with E-state index in [0.29, 0.717) is 6.42 Å². The Balaban J connectivity index is 2.45. The highest BCUT2D eigenvalue weighted by atomic mass is 16.4. The predicted molar refractivity (Wildman–Crippen MR) is 60.7 cm³/mol. The number of aromatic nitrogens is 2. The van der Waals surface area contributed by atoms with Gasteiger partial charge in [0.15, 0.2) is 0 Å². The minimum absolute atomic E-state index is 0.169. The second-order valence-electron chi connectivity index (χ2n) is 4.66. The highest BCUT2D eigenvalue weighted by molar-refractivity contribution is 5.79. The van der Waals surface area contributed by atoms with Crippen LogP contribution >= 0.6 is 0 Å². The molecule has 0 aromatic carbocycles. The minimum Gasteiger partial charge on any atom is -0.481 e. The number of rotatable bonds is 2. The minimum atomic E-state index is -0.766. The van der Waals surface area contributed by atoms with E-state index in [1.807, 2.05) is 25.5 Å². The lowest BCUT2D eigenvalue weighted by Gasteiger charge is -2.27. The van der Waals surface area contributed by atoms with E-state index >= 15 is 0 Å². The van der Waals surface area contributed by atoms with Gasteiger partial charge in [-0.15, -0.1) is 0 Å². The van der Waals surface area contributed by atoms with E-state index in [9.17, 15) is 9.90 Å². The van der Waals surface area contributed by atoms with E-state index in [1.54, 1.807) is 6.20 Å². The standard InChI is InChI=1S/C11H17N3O2/c1-6(2)14-10-9(5-12-14)8(11(15)16)4-7(3)13-10/h5-8,13H,4H2,1-3H3,(H,15,16). The molecule has 2 N–H and O–H groups in total. The van der Waals surface area contributed by atoms with Gasteiger partial charge >= 0.3 is 5.97 Å². The summed E-state index contributed by atoms with van der Waals surface area (Å²) in [5.41, 5.74) is 0.805. The van der Waals surface area contributed by atoms with E-state index in [2.05, 4.69) is 10.4 Å². The van der Waals surface area contributed by atoms with Crippen LogP contribution in [-0.2, 0) is 4.79 Å². The number of hydrogen-bond donors (Lipinski definition) is 2. The molecule has 2 atom stereocenters. The van der Waals surface area contributed by atoms with Gasteiger partial charge in [0.2, 0.25) is 0 Å². The van der Waals surface area contributed by atoms with Crippen LogP contribution in [0.1, 0.15) is 44.7 Å². The largest absolute Gasteiger partial charge is 0.481 e. The van der Waals surface area contributed by atoms with Gasteiger partial charge in [-0.25, -0.2) is 4.68 Å². The summed E-state index contributed by atoms with van der Waals surface area (Å²) in [6.07, 6.45) is 2.29. The number of carboxylic acids is 1. The SMILES string of the molecule is CC1CC(C(=O)O)c2cnn(C(C)C)c2N1. The first-order valence-electron chi connectivity index (χ1n) is 5.57. The zero-order chi connectivity index (χ0) is 11.9. The van der Waals surface area contributed by atoms with Crippen molar-refractivity contribution in [2.24, 2.45) is 0 Å². The Hall–Kier alpha value is -1.52. The van der Waals surface area contributed by atoms with E-state index < -0.39 is 11.9 Å². The van der Waals surface area contributed by atoms with Crippen molar-refractivity contribution in [2.45, 2.75) is 45.2 Å². The molecule has 1 aromatic rings. The molecule has 2 heterocycles. The number of carboxylic acid groups (broad SMARTS) is 1. The summed E-state index contributed by atoms with van der Waals surface area (Å²) in [7, 11) is 0. The molecule has 16 heavy (non-hydrogen) atoms. The van der Waals surface area contributed by atoms with Crippen LogP contribution in [0.3, 0.4) is 0 Å². The van der Waals surface area contributed by atoms with Gasteiger partial charge in [0.25, 0.3) is 0 Å². The molecule has 88 valence electrons. The molecular weight excluding hydrogens is 206 g/mol. The Morgan fingerprint density at radius 2 is 2.38 bits per heavy atom. The molecule has 5 nitrogen and oxygen atoms in total. The van der Waals surface area contributed by atoms with Gasteiger partial charge in [0.1, 0.15) is 5.82 Å². The van der Waals surface area contributed by atoms with Gasteiger partial charge in [-0.1, -0.05) is 0 Å². The third-order valence-electron chi connectivity index (χ3n) is 2.96. The average Bonchev–Trinajstić information content (AvgIpc) is 2.59. The first kappa shape index (κ1) is 11.0. The van der Waals surface area contributed by atoms with Crippen LogP contribution in [0, 0.1) is 0 Å². The van der Waals surface area contributed by atoms with E-state index in [4.69, 9.17) is 0 Å². The first-order valence-corrected chi connectivity index (χ1v) is 5.57. The Morgan fingerprint density at radius 1 is 1.69 bits per heavy atom. The molecule has 0 spiro atoms. The van der Waals surface area contributed by atoms with E-state index in [1.165, 1.54) is 0 Å². The lowest BCUT2D eigenvalue weighted by atomic mass is 9.91. The van der Waals surface area contributed by atoms with Crippen molar-refractivity contribution in [3.05, 3.63) is 11.8 Å². The van der Waals surface area contributed by atoms with E-state index in [0.717, 1.165) is 11.4 Å². The lowest BCUT2D eigenvalue weighted by molar-refractivity contribution is -0.139. The monoisotopic (exact) mass is 223 g/mol. The molecular formula is C11H17N3O2. The molecule has 0 radical (unpaired) electrons. The molecule has 0 amide bonds. The maximum absolute atomic E-state index is 11.2. The number of nitrogens with one attached hydrogen (secondary N) is 1. The Kier molecular flexibility index (Phi) is 2.61. The Morgan fingerprint density at radius 3 is 2.94 bits per heavy atom. The van der Waals surface area contributed by atoms with Gasteiger partial charge in [-0.2, -0.15) is 5.10 Å². The molecule has 5 heteroatoms. The third-order valence-corrected chi connectivity index (χ3v) is 2.96. The van der Waals surface area contributed by atoms with E-state index in [-0.39, 0.29) is 12.1 Å². The van der Waals surface area contributed by atoms with Crippen LogP contribution in [0.2, 0.25) is 0 Å². The molecule has 0 aliphatic carbocycles. The lowest BCUT2D eigenvalue weighted by Crippen LogP contribution is -2.30. The van der Waals surface area contributed by atoms with Gasteiger partial charge in [0.05, 0.1) is 12.1 Å². The summed E-state index contributed by atoms with van der Waals surface area (Å²) in [6.45, 7) is 6.06. The van der Waals surface area contributed by atoms with Gasteiger partial charge in [0, 0.05) is 17.6 Å². The summed E-state index contributed by atoms with van der Waals surface area (Å²) in [4.78, 5) is 11.2. The van der Waals surface area contributed by atoms with Crippen molar-refractivity contribution < 1.29 is 9.90 Å². The van der Waals surface area contributed by atoms with Crippen molar-refractivity contribution in [3.8, 4) is 0 Å². The Bertz CT molecular complexity index is 411. The van der Waals surface area contributed by atoms with Crippen LogP contribution < -0.4 is 5.32 Å². The number of hydrogen-bond acceptors (Lipinski definition) is 3. The second kappa shape index (κ2) is 3.81. The fourth-order valence-corrected chi connectivity index (χ4v) is 2.18. The summed E-state index contributed by atoms with van der Waals surface area (Å²) < 4.78 is 1.85. The van der Waals surface area contributed by atoms with Crippen LogP contribution in [0.15, 0.2) is 6.20 Å². The maximum Gasteiger partial charge on any atom is 0.311 e. The maximum atomic E-state index is 11.2. The van der Waals surface area contributed by atoms with Crippen LogP contribution in [-0.4, -0.2) is 26.9 Å². The summed E-state index contributed by atoms with van der Waals surface area (Å²) in [6, 6.07) is 0.402. The third kappa shape index (κ3) is 1.66. The average molecular weight is 223 g/mol. The highest BCUT2D eigenvalue weighted by Crippen LogP contribution is 2.35. The highest BCUT2D eigenvalue weighted by Gasteiger charge is 2.32. The van der Waals surface area contributed by atoms with Crippen molar-refractivity contribution in [1.82, 2.24) is 9.78 Å². The number of anilines is 1. The summed E-state index contributed by atoms with van der Waals surface area (Å²) in [5.74, 6) is -0.335. The molecule has 0 saturated heterocycles. The molecule has 1 aliphatic heterocycles. The first-order chi connectivity index (χ1) is 7.50. The Labute approximate surface area is 94.5 Å². The van der Waals surface area contributed by atoms with Gasteiger partial charge in [-0.05, 0) is 27.2 Å². The smallest absolute Gasteiger partial charge is 0.311 e. The molecule has 2 rings (SSSR count). The number of carbonyl (C=O) groups is 1. The molecule has 0 saturated carbocycles. The zero-order valence-electron chi connectivity index (χ0n) is 9.77. The van der Waals surface area contributed by atoms with Gasteiger partial charge in [-0.3, -0.25) is 4.79 Å². The zero-order valence-corrected chi connectivity index (χ0v) is 9.77. The second-order valence-corrected chi connectivity index (χ2v) is 4.66. The summed E-state index contributed by atoms with van der Waals surface area (Å²) in [5, 5.41) is 16.8. The van der Waals surface area contributed by atoms with Crippen LogP contribution in [0.4, 0.5) is 5.82 Å². The molecule has 0 bridgehead atoms. The molecule has 1 aliphatic rings. The topological polar surface area (TPSA) is 67.1 Å². The van der Waals surface area contributed by atoms with Crippen molar-refractivity contribution in [2.75, 3.05) is 5.32 Å². The predicted octanol–water partition coefficient (Wildman–Crippen LogP) is 1.84. The van der Waals surface area contributed by atoms with Gasteiger partial charge < -0.3 is 10.4 Å². The molecule has 2 unspecified atom stereocenters. The summed E-state index contributed by atoms with van der Waals surface area (Å²) >= 11 is 0. The molecule has 1 aromatic heterocycles. The number of fused-ring (bicyclic) bond motifs is 1. The van der Waals surface area contributed by atoms with Crippen LogP contribution in [0.25, 0.3) is 0 Å².